The molecule has 3 aromatic carbocycles. The van der Waals surface area contributed by atoms with Gasteiger partial charge < -0.3 is 29.7 Å². The van der Waals surface area contributed by atoms with Gasteiger partial charge in [0.25, 0.3) is 17.7 Å². The van der Waals surface area contributed by atoms with Crippen molar-refractivity contribution in [1.82, 2.24) is 25.3 Å². The van der Waals surface area contributed by atoms with Crippen molar-refractivity contribution in [1.29, 1.82) is 0 Å². The number of benzene rings is 3. The molecule has 238 valence electrons. The van der Waals surface area contributed by atoms with Crippen LogP contribution in [0.15, 0.2) is 66.7 Å². The van der Waals surface area contributed by atoms with Gasteiger partial charge in [-0.3, -0.25) is 14.4 Å². The molecule has 0 unspecified atom stereocenters. The van der Waals surface area contributed by atoms with Crippen LogP contribution in [-0.4, -0.2) is 71.4 Å². The molecule has 0 aliphatic carbocycles. The molecule has 0 saturated carbocycles. The van der Waals surface area contributed by atoms with Gasteiger partial charge in [0, 0.05) is 48.9 Å². The number of piperidine rings is 1. The molecule has 2 atom stereocenters. The number of hydrogen-bond acceptors (Lipinski definition) is 7. The minimum atomic E-state index is -0.634. The first-order valence-corrected chi connectivity index (χ1v) is 14.9. The van der Waals surface area contributed by atoms with Gasteiger partial charge in [0.2, 0.25) is 0 Å². The minimum Gasteiger partial charge on any atom is -0.493 e. The van der Waals surface area contributed by atoms with E-state index in [4.69, 9.17) is 14.2 Å². The second-order valence-corrected chi connectivity index (χ2v) is 11.4. The lowest BCUT2D eigenvalue weighted by Crippen LogP contribution is -2.58. The zero-order chi connectivity index (χ0) is 32.4. The summed E-state index contributed by atoms with van der Waals surface area (Å²) in [5.41, 5.74) is 3.98. The molecule has 3 amide bonds. The number of fused-ring (bicyclic) bond motifs is 5. The fourth-order valence-electron chi connectivity index (χ4n) is 5.76. The Bertz CT molecular complexity index is 1790. The summed E-state index contributed by atoms with van der Waals surface area (Å²) < 4.78 is 33.7. The van der Waals surface area contributed by atoms with Crippen molar-refractivity contribution in [3.63, 3.8) is 0 Å². The second kappa shape index (κ2) is 12.9. The average Bonchev–Trinajstić information content (AvgIpc) is 3.39. The second-order valence-electron chi connectivity index (χ2n) is 11.4. The number of nitrogens with one attached hydrogen (secondary N) is 2. The molecule has 1 saturated heterocycles. The van der Waals surface area contributed by atoms with E-state index in [-0.39, 0.29) is 42.7 Å². The van der Waals surface area contributed by atoms with Crippen LogP contribution in [0.5, 0.6) is 17.2 Å². The Balaban J connectivity index is 1.27. The summed E-state index contributed by atoms with van der Waals surface area (Å²) in [7, 11) is 1.46. The van der Waals surface area contributed by atoms with Gasteiger partial charge in [0.05, 0.1) is 24.5 Å². The molecule has 4 bridgehead atoms. The van der Waals surface area contributed by atoms with Crippen molar-refractivity contribution in [3.05, 3.63) is 101 Å². The molecule has 0 radical (unpaired) electrons. The lowest BCUT2D eigenvalue weighted by Gasteiger charge is -2.39. The van der Waals surface area contributed by atoms with Crippen molar-refractivity contribution in [3.8, 4) is 22.9 Å². The van der Waals surface area contributed by atoms with Crippen LogP contribution in [0.2, 0.25) is 0 Å². The summed E-state index contributed by atoms with van der Waals surface area (Å²) in [6.07, 6.45) is -0.201. The van der Waals surface area contributed by atoms with E-state index in [1.807, 2.05) is 36.7 Å². The quantitative estimate of drug-likeness (QED) is 0.355. The van der Waals surface area contributed by atoms with Crippen molar-refractivity contribution in [2.75, 3.05) is 26.8 Å². The zero-order valence-corrected chi connectivity index (χ0v) is 25.7. The third-order valence-electron chi connectivity index (χ3n) is 8.01. The van der Waals surface area contributed by atoms with Crippen molar-refractivity contribution in [2.45, 2.75) is 39.0 Å². The molecule has 1 aromatic heterocycles. The van der Waals surface area contributed by atoms with E-state index in [9.17, 15) is 18.8 Å². The molecule has 0 spiro atoms. The summed E-state index contributed by atoms with van der Waals surface area (Å²) in [5.74, 6) is -0.787. The molecule has 6 rings (SSSR count). The van der Waals surface area contributed by atoms with E-state index >= 15 is 0 Å². The summed E-state index contributed by atoms with van der Waals surface area (Å²) in [4.78, 5) is 41.4. The van der Waals surface area contributed by atoms with Crippen LogP contribution >= 0.6 is 0 Å². The van der Waals surface area contributed by atoms with Gasteiger partial charge in [-0.05, 0) is 80.1 Å². The van der Waals surface area contributed by atoms with Crippen LogP contribution < -0.4 is 24.8 Å². The van der Waals surface area contributed by atoms with E-state index < -0.39 is 29.8 Å². The molecule has 11 nitrogen and oxygen atoms in total. The molecular formula is C34H34FN5O6. The van der Waals surface area contributed by atoms with Gasteiger partial charge in [-0.1, -0.05) is 0 Å². The smallest absolute Gasteiger partial charge is 0.258 e. The number of likely N-dealkylation sites (tertiary alicyclic amines) is 1. The van der Waals surface area contributed by atoms with E-state index in [2.05, 4.69) is 15.7 Å². The number of aromatic nitrogens is 2. The Morgan fingerprint density at radius 2 is 1.85 bits per heavy atom. The van der Waals surface area contributed by atoms with Gasteiger partial charge in [-0.15, -0.1) is 0 Å². The number of aryl methyl sites for hydroxylation is 2. The Hall–Kier alpha value is -5.39. The molecule has 2 aliphatic heterocycles. The predicted molar refractivity (Wildman–Crippen MR) is 166 cm³/mol. The number of carbonyl (C=O) groups is 3. The van der Waals surface area contributed by atoms with Gasteiger partial charge in [-0.25, -0.2) is 9.07 Å². The number of amides is 3. The predicted octanol–water partition coefficient (Wildman–Crippen LogP) is 3.74. The van der Waals surface area contributed by atoms with Crippen LogP contribution in [0, 0.1) is 19.7 Å². The van der Waals surface area contributed by atoms with E-state index in [1.54, 1.807) is 35.2 Å². The molecule has 1 fully saturated rings. The van der Waals surface area contributed by atoms with Gasteiger partial charge in [0.15, 0.2) is 18.1 Å². The molecule has 4 aromatic rings. The highest BCUT2D eigenvalue weighted by atomic mass is 19.1. The number of carbonyl (C=O) groups excluding carboxylic acids is 3. The molecule has 12 heteroatoms. The normalized spacial score (nSPS) is 18.4. The number of hydrogen-bond donors (Lipinski definition) is 2. The maximum Gasteiger partial charge on any atom is 0.258 e. The zero-order valence-electron chi connectivity index (χ0n) is 25.7. The third-order valence-corrected chi connectivity index (χ3v) is 8.01. The van der Waals surface area contributed by atoms with Gasteiger partial charge in [0.1, 0.15) is 17.7 Å². The first kappa shape index (κ1) is 30.6. The topological polar surface area (TPSA) is 124 Å². The number of methoxy groups -OCH3 is 1. The Kier molecular flexibility index (Phi) is 8.60. The average molecular weight is 628 g/mol. The summed E-state index contributed by atoms with van der Waals surface area (Å²) in [5, 5.41) is 10.2. The standard InChI is InChI=1S/C34H34FN5O6/c1-20-12-21(2)40(38-20)26-7-4-23(5-8-26)34(43)39-11-10-29-28(18-39)37-33(42)24-6-9-30(44-3)31(15-24)45-19-32(41)36-17-22-13-25(35)16-27(14-22)46-29/h4-9,12-16,28-29H,10-11,17-19H2,1-3H3,(H,36,41)(H,37,42)/t28-,29+/m0/s1. The lowest BCUT2D eigenvalue weighted by atomic mass is 9.99. The number of ether oxygens (including phenoxy) is 3. The van der Waals surface area contributed by atoms with Crippen LogP contribution in [0.3, 0.4) is 0 Å². The summed E-state index contributed by atoms with van der Waals surface area (Å²) >= 11 is 0. The van der Waals surface area contributed by atoms with Crippen LogP contribution in [0.4, 0.5) is 4.39 Å². The van der Waals surface area contributed by atoms with Gasteiger partial charge >= 0.3 is 0 Å². The maximum absolute atomic E-state index is 14.6. The molecule has 2 aliphatic rings. The van der Waals surface area contributed by atoms with E-state index in [1.165, 1.54) is 25.3 Å². The van der Waals surface area contributed by atoms with Crippen LogP contribution in [0.1, 0.15) is 44.1 Å². The third kappa shape index (κ3) is 6.65. The number of nitrogens with zero attached hydrogens (tertiary/aromatic N) is 3. The monoisotopic (exact) mass is 627 g/mol. The lowest BCUT2D eigenvalue weighted by molar-refractivity contribution is -0.123. The van der Waals surface area contributed by atoms with E-state index in [0.717, 1.165) is 17.1 Å². The minimum absolute atomic E-state index is 0.0545. The molecular weight excluding hydrogens is 593 g/mol. The number of halogens is 1. The number of rotatable bonds is 3. The largest absolute Gasteiger partial charge is 0.493 e. The first-order chi connectivity index (χ1) is 22.2. The summed E-state index contributed by atoms with van der Waals surface area (Å²) in [6, 6.07) is 17.4. The Morgan fingerprint density at radius 1 is 1.04 bits per heavy atom. The summed E-state index contributed by atoms with van der Waals surface area (Å²) in [6.45, 7) is 4.12. The van der Waals surface area contributed by atoms with Crippen molar-refractivity contribution in [2.24, 2.45) is 0 Å². The highest BCUT2D eigenvalue weighted by molar-refractivity contribution is 5.96. The first-order valence-electron chi connectivity index (χ1n) is 14.9. The fraction of sp³-hybridized carbons (Fsp3) is 0.294. The highest BCUT2D eigenvalue weighted by Crippen LogP contribution is 2.29. The fourth-order valence-corrected chi connectivity index (χ4v) is 5.76. The molecule has 2 N–H and O–H groups in total. The SMILES string of the molecule is COc1ccc2cc1OCC(=O)NCc1cc(F)cc(c1)O[C@@H]1CCN(C(=O)c3ccc(-n4nc(C)cc4C)cc3)C[C@@H]1NC2=O. The van der Waals surface area contributed by atoms with E-state index in [0.29, 0.717) is 29.8 Å². The Labute approximate surface area is 265 Å². The van der Waals surface area contributed by atoms with Crippen LogP contribution in [-0.2, 0) is 11.3 Å². The van der Waals surface area contributed by atoms with Gasteiger partial charge in [-0.2, -0.15) is 5.10 Å². The molecule has 3 heterocycles. The maximum atomic E-state index is 14.6. The molecule has 46 heavy (non-hydrogen) atoms. The van der Waals surface area contributed by atoms with Crippen molar-refractivity contribution >= 4 is 17.7 Å². The highest BCUT2D eigenvalue weighted by Gasteiger charge is 2.35. The Morgan fingerprint density at radius 3 is 2.59 bits per heavy atom. The van der Waals surface area contributed by atoms with Crippen LogP contribution in [0.25, 0.3) is 5.69 Å². The van der Waals surface area contributed by atoms with Crippen molar-refractivity contribution < 1.29 is 33.0 Å².